The number of halogens is 1. The second kappa shape index (κ2) is 5.41. The molecular weight excluding hydrogens is 316 g/mol. The molecule has 2 rings (SSSR count). The highest BCUT2D eigenvalue weighted by atomic mass is 79.9. The number of nitrogens with two attached hydrogens (primary N) is 1. The van der Waals surface area contributed by atoms with Gasteiger partial charge in [-0.1, -0.05) is 27.7 Å². The fourth-order valence-corrected chi connectivity index (χ4v) is 2.49. The molecule has 0 saturated carbocycles. The summed E-state index contributed by atoms with van der Waals surface area (Å²) in [6.45, 7) is 0. The maximum Gasteiger partial charge on any atom is 0.337 e. The largest absolute Gasteiger partial charge is 0.478 e. The van der Waals surface area contributed by atoms with Crippen LogP contribution in [0.2, 0.25) is 0 Å². The van der Waals surface area contributed by atoms with Crippen molar-refractivity contribution in [1.82, 2.24) is 4.98 Å². The van der Waals surface area contributed by atoms with Crippen molar-refractivity contribution in [2.75, 3.05) is 5.73 Å². The molecule has 18 heavy (non-hydrogen) atoms. The number of rotatable bonds is 3. The number of benzene rings is 1. The average molecular weight is 325 g/mol. The van der Waals surface area contributed by atoms with E-state index in [4.69, 9.17) is 10.8 Å². The number of carboxylic acid groups (broad SMARTS) is 1. The van der Waals surface area contributed by atoms with Crippen LogP contribution in [0.1, 0.15) is 10.4 Å². The molecule has 1 aromatic carbocycles. The minimum Gasteiger partial charge on any atom is -0.478 e. The van der Waals surface area contributed by atoms with Gasteiger partial charge in [0.05, 0.1) is 5.56 Å². The molecule has 0 spiro atoms. The summed E-state index contributed by atoms with van der Waals surface area (Å²) in [5.74, 6) is -0.809. The first-order valence-corrected chi connectivity index (χ1v) is 6.59. The van der Waals surface area contributed by atoms with Gasteiger partial charge in [0.1, 0.15) is 5.82 Å². The maximum absolute atomic E-state index is 11.1. The highest BCUT2D eigenvalue weighted by Gasteiger charge is 2.12. The first-order chi connectivity index (χ1) is 8.56. The number of carboxylic acids is 1. The summed E-state index contributed by atoms with van der Waals surface area (Å²) in [7, 11) is 0. The lowest BCUT2D eigenvalue weighted by Crippen LogP contribution is -2.02. The molecule has 0 aliphatic rings. The van der Waals surface area contributed by atoms with E-state index in [0.717, 1.165) is 9.37 Å². The Bertz CT molecular complexity index is 587. The Balaban J connectivity index is 2.34. The third-order valence-electron chi connectivity index (χ3n) is 2.16. The molecule has 0 atom stereocenters. The highest BCUT2D eigenvalue weighted by Crippen LogP contribution is 2.31. The number of aromatic nitrogens is 1. The quantitative estimate of drug-likeness (QED) is 0.906. The van der Waals surface area contributed by atoms with E-state index in [1.807, 2.05) is 24.3 Å². The molecule has 0 unspecified atom stereocenters. The average Bonchev–Trinajstić information content (AvgIpc) is 2.34. The van der Waals surface area contributed by atoms with Crippen LogP contribution in [0.5, 0.6) is 0 Å². The molecule has 2 aromatic rings. The Hall–Kier alpha value is -1.53. The fourth-order valence-electron chi connectivity index (χ4n) is 1.34. The number of nitrogens with zero attached hydrogens (tertiary/aromatic N) is 1. The molecular formula is C12H9BrN2O2S. The molecule has 4 nitrogen and oxygen atoms in total. The van der Waals surface area contributed by atoms with E-state index in [1.165, 1.54) is 24.0 Å². The topological polar surface area (TPSA) is 76.2 Å². The Labute approximate surface area is 116 Å². The van der Waals surface area contributed by atoms with E-state index in [9.17, 15) is 4.79 Å². The number of pyridine rings is 1. The normalized spacial score (nSPS) is 10.3. The van der Waals surface area contributed by atoms with Crippen molar-refractivity contribution in [3.63, 3.8) is 0 Å². The Morgan fingerprint density at radius 3 is 2.61 bits per heavy atom. The molecule has 0 bridgehead atoms. The molecule has 0 aliphatic carbocycles. The van der Waals surface area contributed by atoms with Crippen LogP contribution in [0.3, 0.4) is 0 Å². The van der Waals surface area contributed by atoms with Gasteiger partial charge in [0.25, 0.3) is 0 Å². The van der Waals surface area contributed by atoms with Crippen LogP contribution < -0.4 is 5.73 Å². The maximum atomic E-state index is 11.1. The van der Waals surface area contributed by atoms with Gasteiger partial charge in [-0.2, -0.15) is 0 Å². The zero-order chi connectivity index (χ0) is 13.1. The van der Waals surface area contributed by atoms with E-state index in [2.05, 4.69) is 20.9 Å². The molecule has 1 heterocycles. The van der Waals surface area contributed by atoms with Crippen LogP contribution in [0, 0.1) is 0 Å². The van der Waals surface area contributed by atoms with Crippen LogP contribution in [0.15, 0.2) is 50.8 Å². The first kappa shape index (κ1) is 12.9. The van der Waals surface area contributed by atoms with Crippen LogP contribution >= 0.6 is 27.7 Å². The Morgan fingerprint density at radius 2 is 2.00 bits per heavy atom. The van der Waals surface area contributed by atoms with E-state index in [1.54, 1.807) is 0 Å². The summed E-state index contributed by atoms with van der Waals surface area (Å²) in [6.07, 6.45) is 1.48. The minimum atomic E-state index is -1.01. The highest BCUT2D eigenvalue weighted by molar-refractivity contribution is 9.10. The van der Waals surface area contributed by atoms with Crippen molar-refractivity contribution in [3.05, 3.63) is 46.6 Å². The minimum absolute atomic E-state index is 0.162. The van der Waals surface area contributed by atoms with Gasteiger partial charge in [0.2, 0.25) is 0 Å². The SMILES string of the molecule is Nc1cc(C(=O)O)c(Sc2ccc(Br)cc2)cn1. The number of anilines is 1. The molecule has 92 valence electrons. The van der Waals surface area contributed by atoms with Crippen molar-refractivity contribution in [2.45, 2.75) is 9.79 Å². The summed E-state index contributed by atoms with van der Waals surface area (Å²) in [5, 5.41) is 9.11. The number of hydrogen-bond donors (Lipinski definition) is 2. The van der Waals surface area contributed by atoms with Gasteiger partial charge in [-0.3, -0.25) is 0 Å². The monoisotopic (exact) mass is 324 g/mol. The molecule has 0 radical (unpaired) electrons. The Kier molecular flexibility index (Phi) is 3.88. The molecule has 6 heteroatoms. The van der Waals surface area contributed by atoms with Gasteiger partial charge >= 0.3 is 5.97 Å². The van der Waals surface area contributed by atoms with Crippen LogP contribution in [0.4, 0.5) is 5.82 Å². The fraction of sp³-hybridized carbons (Fsp3) is 0. The molecule has 0 amide bonds. The van der Waals surface area contributed by atoms with Crippen molar-refractivity contribution >= 4 is 39.5 Å². The summed E-state index contributed by atoms with van der Waals surface area (Å²) < 4.78 is 0.973. The predicted octanol–water partition coefficient (Wildman–Crippen LogP) is 3.28. The molecule has 3 N–H and O–H groups in total. The second-order valence-electron chi connectivity index (χ2n) is 3.47. The van der Waals surface area contributed by atoms with E-state index in [-0.39, 0.29) is 11.4 Å². The molecule has 0 saturated heterocycles. The van der Waals surface area contributed by atoms with Gasteiger partial charge in [0, 0.05) is 20.5 Å². The lowest BCUT2D eigenvalue weighted by Gasteiger charge is -2.06. The summed E-state index contributed by atoms with van der Waals surface area (Å²) in [5.41, 5.74) is 5.65. The van der Waals surface area contributed by atoms with Crippen molar-refractivity contribution in [2.24, 2.45) is 0 Å². The van der Waals surface area contributed by atoms with Crippen molar-refractivity contribution < 1.29 is 9.90 Å². The van der Waals surface area contributed by atoms with E-state index >= 15 is 0 Å². The van der Waals surface area contributed by atoms with E-state index in [0.29, 0.717) is 4.90 Å². The molecule has 1 aromatic heterocycles. The van der Waals surface area contributed by atoms with Crippen LogP contribution in [0.25, 0.3) is 0 Å². The number of carbonyl (C=O) groups is 1. The number of hydrogen-bond acceptors (Lipinski definition) is 4. The third kappa shape index (κ3) is 3.02. The lowest BCUT2D eigenvalue weighted by molar-refractivity contribution is 0.0693. The van der Waals surface area contributed by atoms with Gasteiger partial charge in [-0.25, -0.2) is 9.78 Å². The van der Waals surface area contributed by atoms with Crippen LogP contribution in [-0.2, 0) is 0 Å². The van der Waals surface area contributed by atoms with Crippen molar-refractivity contribution in [3.8, 4) is 0 Å². The van der Waals surface area contributed by atoms with Gasteiger partial charge < -0.3 is 10.8 Å². The summed E-state index contributed by atoms with van der Waals surface area (Å²) in [4.78, 5) is 16.5. The van der Waals surface area contributed by atoms with Crippen molar-refractivity contribution in [1.29, 1.82) is 0 Å². The second-order valence-corrected chi connectivity index (χ2v) is 5.50. The smallest absolute Gasteiger partial charge is 0.337 e. The lowest BCUT2D eigenvalue weighted by atomic mass is 10.2. The number of nitrogen functional groups attached to an aromatic ring is 1. The zero-order valence-corrected chi connectivity index (χ0v) is 11.5. The van der Waals surface area contributed by atoms with Crippen LogP contribution in [-0.4, -0.2) is 16.1 Å². The summed E-state index contributed by atoms with van der Waals surface area (Å²) >= 11 is 4.69. The first-order valence-electron chi connectivity index (χ1n) is 4.98. The van der Waals surface area contributed by atoms with Gasteiger partial charge in [-0.15, -0.1) is 0 Å². The third-order valence-corrected chi connectivity index (χ3v) is 3.74. The number of aromatic carboxylic acids is 1. The zero-order valence-electron chi connectivity index (χ0n) is 9.13. The van der Waals surface area contributed by atoms with E-state index < -0.39 is 5.97 Å². The van der Waals surface area contributed by atoms with Gasteiger partial charge in [0.15, 0.2) is 0 Å². The molecule has 0 aliphatic heterocycles. The standard InChI is InChI=1S/C12H9BrN2O2S/c13-7-1-3-8(4-2-7)18-10-6-15-11(14)5-9(10)12(16)17/h1-6H,(H2,14,15)(H,16,17). The molecule has 0 fully saturated rings. The van der Waals surface area contributed by atoms with Gasteiger partial charge in [-0.05, 0) is 30.3 Å². The Morgan fingerprint density at radius 1 is 1.33 bits per heavy atom. The summed E-state index contributed by atoms with van der Waals surface area (Å²) in [6, 6.07) is 8.96. The predicted molar refractivity (Wildman–Crippen MR) is 73.9 cm³/mol.